The first kappa shape index (κ1) is 14.3. The Morgan fingerprint density at radius 2 is 2.06 bits per heavy atom. The minimum Gasteiger partial charge on any atom is -0.404 e. The van der Waals surface area contributed by atoms with Crippen LogP contribution in [0.2, 0.25) is 5.02 Å². The second kappa shape index (κ2) is 5.73. The van der Waals surface area contributed by atoms with Gasteiger partial charge in [-0.2, -0.15) is 0 Å². The van der Waals surface area contributed by atoms with E-state index in [0.29, 0.717) is 5.56 Å². The number of ether oxygens (including phenoxy) is 1. The molecule has 0 atom stereocenters. The van der Waals surface area contributed by atoms with Crippen molar-refractivity contribution in [3.63, 3.8) is 0 Å². The quantitative estimate of drug-likeness (QED) is 0.786. The summed E-state index contributed by atoms with van der Waals surface area (Å²) in [5.41, 5.74) is 0.304. The Balaban J connectivity index is 2.95. The van der Waals surface area contributed by atoms with Gasteiger partial charge in [0.2, 0.25) is 0 Å². The molecule has 1 rings (SSSR count). The van der Waals surface area contributed by atoms with Gasteiger partial charge in [-0.3, -0.25) is 4.79 Å². The van der Waals surface area contributed by atoms with Crippen molar-refractivity contribution < 1.29 is 22.7 Å². The van der Waals surface area contributed by atoms with Crippen LogP contribution in [0, 0.1) is 0 Å². The van der Waals surface area contributed by atoms with E-state index < -0.39 is 12.1 Å². The molecule has 2 nitrogen and oxygen atoms in total. The third-order valence-electron chi connectivity index (χ3n) is 1.81. The molecule has 0 aliphatic heterocycles. The summed E-state index contributed by atoms with van der Waals surface area (Å²) >= 11 is 8.68. The van der Waals surface area contributed by atoms with Crippen LogP contribution in [-0.2, 0) is 11.2 Å². The van der Waals surface area contributed by atoms with Gasteiger partial charge in [0.25, 0.3) is 0 Å². The fourth-order valence-corrected chi connectivity index (χ4v) is 1.59. The Hall–Kier alpha value is -0.750. The minimum atomic E-state index is -4.80. The van der Waals surface area contributed by atoms with Crippen LogP contribution in [0.3, 0.4) is 0 Å². The number of rotatable bonds is 4. The molecule has 17 heavy (non-hydrogen) atoms. The molecule has 0 aromatic heterocycles. The molecule has 1 aromatic carbocycles. The van der Waals surface area contributed by atoms with Crippen molar-refractivity contribution in [3.05, 3.63) is 28.8 Å². The predicted octanol–water partition coefficient (Wildman–Crippen LogP) is 3.75. The van der Waals surface area contributed by atoms with Gasteiger partial charge < -0.3 is 4.74 Å². The molecule has 0 heterocycles. The first-order valence-corrected chi connectivity index (χ1v) is 5.94. The maximum Gasteiger partial charge on any atom is 0.573 e. The molecule has 0 saturated carbocycles. The standard InChI is InChI=1S/C10H7BrClF3O2/c11-5-7(16)4-6-2-1-3-8(9(6)12)17-10(13,14)15/h1-3H,4-5H2. The first-order valence-electron chi connectivity index (χ1n) is 4.44. The Morgan fingerprint density at radius 1 is 1.41 bits per heavy atom. The third kappa shape index (κ3) is 4.55. The maximum absolute atomic E-state index is 12.0. The largest absolute Gasteiger partial charge is 0.573 e. The van der Waals surface area contributed by atoms with Gasteiger partial charge in [0, 0.05) is 6.42 Å². The zero-order valence-electron chi connectivity index (χ0n) is 8.35. The molecule has 0 fully saturated rings. The van der Waals surface area contributed by atoms with E-state index in [1.165, 1.54) is 12.1 Å². The van der Waals surface area contributed by atoms with E-state index in [4.69, 9.17) is 11.6 Å². The predicted molar refractivity (Wildman–Crippen MR) is 60.6 cm³/mol. The Kier molecular flexibility index (Phi) is 4.82. The van der Waals surface area contributed by atoms with Gasteiger partial charge in [-0.15, -0.1) is 13.2 Å². The fourth-order valence-electron chi connectivity index (χ4n) is 1.16. The van der Waals surface area contributed by atoms with Gasteiger partial charge >= 0.3 is 6.36 Å². The van der Waals surface area contributed by atoms with Crippen molar-refractivity contribution in [1.82, 2.24) is 0 Å². The van der Waals surface area contributed by atoms with Crippen molar-refractivity contribution in [2.45, 2.75) is 12.8 Å². The minimum absolute atomic E-state index is 0.0425. The smallest absolute Gasteiger partial charge is 0.404 e. The zero-order chi connectivity index (χ0) is 13.1. The molecule has 1 aromatic rings. The second-order valence-electron chi connectivity index (χ2n) is 3.13. The number of carbonyl (C=O) groups excluding carboxylic acids is 1. The highest BCUT2D eigenvalue weighted by atomic mass is 79.9. The molecule has 94 valence electrons. The van der Waals surface area contributed by atoms with E-state index in [-0.39, 0.29) is 22.6 Å². The van der Waals surface area contributed by atoms with Gasteiger partial charge in [-0.05, 0) is 11.6 Å². The average Bonchev–Trinajstić information content (AvgIpc) is 2.22. The van der Waals surface area contributed by atoms with Crippen LogP contribution >= 0.6 is 27.5 Å². The van der Waals surface area contributed by atoms with Gasteiger partial charge in [0.15, 0.2) is 0 Å². The topological polar surface area (TPSA) is 26.3 Å². The molecular weight excluding hydrogens is 324 g/mol. The van der Waals surface area contributed by atoms with Gasteiger partial charge in [-0.1, -0.05) is 39.7 Å². The van der Waals surface area contributed by atoms with Crippen LogP contribution < -0.4 is 4.74 Å². The van der Waals surface area contributed by atoms with Gasteiger partial charge in [-0.25, -0.2) is 0 Å². The number of benzene rings is 1. The number of carbonyl (C=O) groups is 1. The van der Waals surface area contributed by atoms with E-state index in [2.05, 4.69) is 20.7 Å². The van der Waals surface area contributed by atoms with Crippen LogP contribution in [0.25, 0.3) is 0 Å². The molecule has 0 amide bonds. The van der Waals surface area contributed by atoms with Gasteiger partial charge in [0.05, 0.1) is 10.4 Å². The molecule has 0 unspecified atom stereocenters. The molecule has 0 radical (unpaired) electrons. The fraction of sp³-hybridized carbons (Fsp3) is 0.300. The van der Waals surface area contributed by atoms with E-state index in [9.17, 15) is 18.0 Å². The normalized spacial score (nSPS) is 11.4. The summed E-state index contributed by atoms with van der Waals surface area (Å²) in [4.78, 5) is 11.2. The third-order valence-corrected chi connectivity index (χ3v) is 2.86. The second-order valence-corrected chi connectivity index (χ2v) is 4.06. The Bertz CT molecular complexity index is 421. The Labute approximate surface area is 109 Å². The van der Waals surface area contributed by atoms with Gasteiger partial charge in [0.1, 0.15) is 11.5 Å². The van der Waals surface area contributed by atoms with Crippen LogP contribution in [0.5, 0.6) is 5.75 Å². The highest BCUT2D eigenvalue weighted by molar-refractivity contribution is 9.09. The van der Waals surface area contributed by atoms with Crippen molar-refractivity contribution >= 4 is 33.3 Å². The lowest BCUT2D eigenvalue weighted by Gasteiger charge is -2.12. The lowest BCUT2D eigenvalue weighted by Crippen LogP contribution is -2.17. The monoisotopic (exact) mass is 330 g/mol. The number of Topliss-reactive ketones (excluding diaryl/α,β-unsaturated/α-hetero) is 1. The highest BCUT2D eigenvalue weighted by Crippen LogP contribution is 2.32. The number of hydrogen-bond acceptors (Lipinski definition) is 2. The summed E-state index contributed by atoms with van der Waals surface area (Å²) in [6.07, 6.45) is -4.85. The molecular formula is C10H7BrClF3O2. The Morgan fingerprint density at radius 3 is 2.59 bits per heavy atom. The van der Waals surface area contributed by atoms with E-state index in [1.54, 1.807) is 0 Å². The van der Waals surface area contributed by atoms with E-state index >= 15 is 0 Å². The van der Waals surface area contributed by atoms with Crippen LogP contribution in [0.15, 0.2) is 18.2 Å². The van der Waals surface area contributed by atoms with E-state index in [1.807, 2.05) is 0 Å². The summed E-state index contributed by atoms with van der Waals surface area (Å²) in [5.74, 6) is -0.685. The lowest BCUT2D eigenvalue weighted by molar-refractivity contribution is -0.274. The molecule has 0 aliphatic rings. The van der Waals surface area contributed by atoms with Crippen LogP contribution in [0.4, 0.5) is 13.2 Å². The summed E-state index contributed by atoms with van der Waals surface area (Å²) in [5, 5.41) is -0.0765. The van der Waals surface area contributed by atoms with Crippen LogP contribution in [-0.4, -0.2) is 17.5 Å². The average molecular weight is 332 g/mol. The van der Waals surface area contributed by atoms with Crippen molar-refractivity contribution in [2.24, 2.45) is 0 Å². The lowest BCUT2D eigenvalue weighted by atomic mass is 10.1. The number of alkyl halides is 4. The molecule has 0 aliphatic carbocycles. The van der Waals surface area contributed by atoms with Crippen LogP contribution in [0.1, 0.15) is 5.56 Å². The SMILES string of the molecule is O=C(CBr)Cc1cccc(OC(F)(F)F)c1Cl. The number of halogens is 5. The van der Waals surface area contributed by atoms with Crippen molar-refractivity contribution in [2.75, 3.05) is 5.33 Å². The zero-order valence-corrected chi connectivity index (χ0v) is 10.7. The van der Waals surface area contributed by atoms with Crippen molar-refractivity contribution in [3.8, 4) is 5.75 Å². The summed E-state index contributed by atoms with van der Waals surface area (Å²) in [6.45, 7) is 0. The molecule has 0 N–H and O–H groups in total. The summed E-state index contributed by atoms with van der Waals surface area (Å²) in [7, 11) is 0. The maximum atomic E-state index is 12.0. The summed E-state index contributed by atoms with van der Waals surface area (Å²) in [6, 6.07) is 3.92. The van der Waals surface area contributed by atoms with Crippen molar-refractivity contribution in [1.29, 1.82) is 0 Å². The molecule has 7 heteroatoms. The summed E-state index contributed by atoms with van der Waals surface area (Å²) < 4.78 is 39.8. The number of hydrogen-bond donors (Lipinski definition) is 0. The molecule has 0 saturated heterocycles. The van der Waals surface area contributed by atoms with E-state index in [0.717, 1.165) is 6.07 Å². The molecule has 0 spiro atoms. The molecule has 0 bridgehead atoms. The first-order chi connectivity index (χ1) is 7.83. The number of ketones is 1. The highest BCUT2D eigenvalue weighted by Gasteiger charge is 2.32.